The first kappa shape index (κ1) is 23.4. The van der Waals surface area contributed by atoms with E-state index in [-0.39, 0.29) is 51.0 Å². The predicted octanol–water partition coefficient (Wildman–Crippen LogP) is 3.25. The second-order valence-electron chi connectivity index (χ2n) is 7.83. The van der Waals surface area contributed by atoms with Crippen molar-refractivity contribution in [2.24, 2.45) is 11.5 Å². The summed E-state index contributed by atoms with van der Waals surface area (Å²) < 4.78 is 44.1. The number of aryl methyl sites for hydroxylation is 1. The van der Waals surface area contributed by atoms with Gasteiger partial charge in [0.25, 0.3) is 5.91 Å². The summed E-state index contributed by atoms with van der Waals surface area (Å²) in [5.41, 5.74) is 11.1. The van der Waals surface area contributed by atoms with E-state index >= 15 is 0 Å². The molecular formula is C24H17F3N6O2. The van der Waals surface area contributed by atoms with Crippen LogP contribution < -0.4 is 11.5 Å². The van der Waals surface area contributed by atoms with E-state index in [0.29, 0.717) is 11.4 Å². The van der Waals surface area contributed by atoms with E-state index in [0.717, 1.165) is 24.3 Å². The molecule has 4 rings (SSSR count). The highest BCUT2D eigenvalue weighted by Gasteiger charge is 2.28. The van der Waals surface area contributed by atoms with Gasteiger partial charge in [0.05, 0.1) is 35.0 Å². The number of halogens is 3. The van der Waals surface area contributed by atoms with Crippen molar-refractivity contribution in [1.29, 1.82) is 5.26 Å². The van der Waals surface area contributed by atoms with Crippen LogP contribution in [0.25, 0.3) is 22.0 Å². The van der Waals surface area contributed by atoms with Crippen molar-refractivity contribution < 1.29 is 22.8 Å². The number of nitriles is 1. The molecule has 0 spiro atoms. The Morgan fingerprint density at radius 3 is 2.26 bits per heavy atom. The molecule has 176 valence electrons. The first-order chi connectivity index (χ1) is 16.5. The summed E-state index contributed by atoms with van der Waals surface area (Å²) in [5, 5.41) is 13.4. The third kappa shape index (κ3) is 3.95. The van der Waals surface area contributed by atoms with Crippen LogP contribution in [0.1, 0.15) is 43.4 Å². The highest BCUT2D eigenvalue weighted by Crippen LogP contribution is 2.36. The van der Waals surface area contributed by atoms with Crippen molar-refractivity contribution in [3.63, 3.8) is 0 Å². The maximum Gasteiger partial charge on any atom is 0.267 e. The number of hydrogen-bond acceptors (Lipinski definition) is 5. The van der Waals surface area contributed by atoms with E-state index in [2.05, 4.69) is 10.1 Å². The van der Waals surface area contributed by atoms with E-state index in [1.165, 1.54) is 10.7 Å². The van der Waals surface area contributed by atoms with Gasteiger partial charge in [0.1, 0.15) is 23.1 Å². The van der Waals surface area contributed by atoms with E-state index in [1.54, 1.807) is 19.9 Å². The normalized spacial score (nSPS) is 11.0. The Balaban J connectivity index is 1.99. The number of hydrogen-bond donors (Lipinski definition) is 2. The Kier molecular flexibility index (Phi) is 5.74. The number of primary amides is 2. The lowest BCUT2D eigenvalue weighted by Crippen LogP contribution is -2.21. The van der Waals surface area contributed by atoms with Crippen LogP contribution in [0.5, 0.6) is 0 Å². The molecule has 0 aliphatic carbocycles. The van der Waals surface area contributed by atoms with Crippen LogP contribution >= 0.6 is 0 Å². The quantitative estimate of drug-likeness (QED) is 0.453. The molecule has 0 saturated heterocycles. The standard InChI is InChI=1S/C24H17F3N6O2/c1-10-19(11(2)33(32-10)9-15-16(26)5-12(8-28)6-17(15)27)21-20(23(29)34)14-4-3-13(25)7-18(14)31-22(21)24(30)35/h3-7H,9H2,1-2H3,(H2,29,34)(H2,30,35). The first-order valence-electron chi connectivity index (χ1n) is 10.2. The van der Waals surface area contributed by atoms with Gasteiger partial charge < -0.3 is 11.5 Å². The number of amides is 2. The lowest BCUT2D eigenvalue weighted by molar-refractivity contribution is 0.0996. The molecule has 0 bridgehead atoms. The monoisotopic (exact) mass is 478 g/mol. The molecule has 11 heteroatoms. The van der Waals surface area contributed by atoms with Crippen LogP contribution in [0.15, 0.2) is 30.3 Å². The van der Waals surface area contributed by atoms with Crippen LogP contribution in [0.3, 0.4) is 0 Å². The molecule has 0 aliphatic rings. The minimum absolute atomic E-state index is 0.000715. The fourth-order valence-corrected chi connectivity index (χ4v) is 4.10. The lowest BCUT2D eigenvalue weighted by atomic mass is 9.92. The highest BCUT2D eigenvalue weighted by atomic mass is 19.1. The van der Waals surface area contributed by atoms with Gasteiger partial charge in [0, 0.05) is 33.8 Å². The van der Waals surface area contributed by atoms with Gasteiger partial charge in [0.15, 0.2) is 0 Å². The Labute approximate surface area is 196 Å². The average molecular weight is 478 g/mol. The smallest absolute Gasteiger partial charge is 0.267 e. The summed E-state index contributed by atoms with van der Waals surface area (Å²) in [5.74, 6) is -4.42. The minimum Gasteiger partial charge on any atom is -0.366 e. The summed E-state index contributed by atoms with van der Waals surface area (Å²) >= 11 is 0. The van der Waals surface area contributed by atoms with Gasteiger partial charge in [-0.05, 0) is 38.1 Å². The van der Waals surface area contributed by atoms with Crippen LogP contribution in [-0.4, -0.2) is 26.6 Å². The van der Waals surface area contributed by atoms with Gasteiger partial charge >= 0.3 is 0 Å². The zero-order valence-corrected chi connectivity index (χ0v) is 18.5. The van der Waals surface area contributed by atoms with Gasteiger partial charge in [-0.3, -0.25) is 14.3 Å². The Bertz CT molecular complexity index is 1580. The second kappa shape index (κ2) is 8.57. The third-order valence-electron chi connectivity index (χ3n) is 5.64. The number of carbonyl (C=O) groups excluding carboxylic acids is 2. The number of pyridine rings is 1. The number of benzene rings is 2. The molecular weight excluding hydrogens is 461 g/mol. The van der Waals surface area contributed by atoms with Crippen LogP contribution in [0, 0.1) is 42.6 Å². The molecule has 2 aromatic carbocycles. The van der Waals surface area contributed by atoms with Gasteiger partial charge in [0.2, 0.25) is 5.91 Å². The SMILES string of the molecule is Cc1nn(Cc2c(F)cc(C#N)cc2F)c(C)c1-c1c(C(N)=O)nc2cc(F)ccc2c1C(N)=O. The lowest BCUT2D eigenvalue weighted by Gasteiger charge is -2.15. The Morgan fingerprint density at radius 2 is 1.69 bits per heavy atom. The molecule has 0 fully saturated rings. The van der Waals surface area contributed by atoms with E-state index in [9.17, 15) is 22.8 Å². The maximum absolute atomic E-state index is 14.5. The van der Waals surface area contributed by atoms with Crippen LogP contribution in [0.2, 0.25) is 0 Å². The largest absolute Gasteiger partial charge is 0.366 e. The molecule has 0 saturated carbocycles. The number of nitrogens with zero attached hydrogens (tertiary/aromatic N) is 4. The first-order valence-corrected chi connectivity index (χ1v) is 10.2. The Hall–Kier alpha value is -4.72. The van der Waals surface area contributed by atoms with E-state index in [1.807, 2.05) is 0 Å². The van der Waals surface area contributed by atoms with E-state index in [4.69, 9.17) is 16.7 Å². The van der Waals surface area contributed by atoms with Gasteiger partial charge in [-0.25, -0.2) is 18.2 Å². The molecule has 2 aromatic heterocycles. The molecule has 0 atom stereocenters. The highest BCUT2D eigenvalue weighted by molar-refractivity contribution is 6.15. The average Bonchev–Trinajstić information content (AvgIpc) is 3.06. The van der Waals surface area contributed by atoms with Crippen molar-refractivity contribution in [3.05, 3.63) is 81.6 Å². The molecule has 0 aliphatic heterocycles. The predicted molar refractivity (Wildman–Crippen MR) is 120 cm³/mol. The fourth-order valence-electron chi connectivity index (χ4n) is 4.10. The molecule has 8 nitrogen and oxygen atoms in total. The molecule has 0 unspecified atom stereocenters. The summed E-state index contributed by atoms with van der Waals surface area (Å²) in [4.78, 5) is 29.0. The minimum atomic E-state index is -0.996. The van der Waals surface area contributed by atoms with Crippen LogP contribution in [0.4, 0.5) is 13.2 Å². The zero-order valence-electron chi connectivity index (χ0n) is 18.5. The molecule has 2 heterocycles. The van der Waals surface area contributed by atoms with Crippen molar-refractivity contribution in [2.75, 3.05) is 0 Å². The van der Waals surface area contributed by atoms with Gasteiger partial charge in [-0.15, -0.1) is 0 Å². The summed E-state index contributed by atoms with van der Waals surface area (Å²) in [6.07, 6.45) is 0. The molecule has 0 radical (unpaired) electrons. The van der Waals surface area contributed by atoms with Crippen molar-refractivity contribution in [2.45, 2.75) is 20.4 Å². The summed E-state index contributed by atoms with van der Waals surface area (Å²) in [7, 11) is 0. The van der Waals surface area contributed by atoms with Gasteiger partial charge in [-0.1, -0.05) is 0 Å². The molecule has 35 heavy (non-hydrogen) atoms. The fraction of sp³-hybridized carbons (Fsp3) is 0.125. The topological polar surface area (TPSA) is 141 Å². The van der Waals surface area contributed by atoms with Crippen LogP contribution in [-0.2, 0) is 6.54 Å². The van der Waals surface area contributed by atoms with Crippen molar-refractivity contribution in [1.82, 2.24) is 14.8 Å². The van der Waals surface area contributed by atoms with E-state index < -0.39 is 29.3 Å². The number of carbonyl (C=O) groups is 2. The third-order valence-corrected chi connectivity index (χ3v) is 5.64. The zero-order chi connectivity index (χ0) is 25.6. The van der Waals surface area contributed by atoms with Crippen molar-refractivity contribution >= 4 is 22.7 Å². The summed E-state index contributed by atoms with van der Waals surface area (Å²) in [6, 6.07) is 6.96. The van der Waals surface area contributed by atoms with Crippen molar-refractivity contribution in [3.8, 4) is 17.2 Å². The molecule has 4 N–H and O–H groups in total. The molecule has 4 aromatic rings. The molecule has 2 amide bonds. The summed E-state index contributed by atoms with van der Waals surface area (Å²) in [6.45, 7) is 2.79. The number of nitrogens with two attached hydrogens (primary N) is 2. The number of fused-ring (bicyclic) bond motifs is 1. The Morgan fingerprint density at radius 1 is 1.03 bits per heavy atom. The maximum atomic E-state index is 14.5. The number of aromatic nitrogens is 3. The second-order valence-corrected chi connectivity index (χ2v) is 7.83. The van der Waals surface area contributed by atoms with Gasteiger partial charge in [-0.2, -0.15) is 10.4 Å². The number of rotatable bonds is 5.